The molecule has 0 amide bonds. The average Bonchev–Trinajstić information content (AvgIpc) is 3.56. The van der Waals surface area contributed by atoms with Gasteiger partial charge in [0, 0.05) is 10.5 Å². The fourth-order valence-corrected chi connectivity index (χ4v) is 8.32. The third kappa shape index (κ3) is 5.82. The third-order valence-corrected chi connectivity index (χ3v) is 10.2. The summed E-state index contributed by atoms with van der Waals surface area (Å²) in [5, 5.41) is 2.27. The molecule has 7 heteroatoms. The van der Waals surface area contributed by atoms with E-state index in [1.165, 1.54) is 21.4 Å². The zero-order chi connectivity index (χ0) is 30.1. The molecule has 0 saturated carbocycles. The first-order chi connectivity index (χ1) is 20.7. The van der Waals surface area contributed by atoms with Gasteiger partial charge in [-0.15, -0.1) is 0 Å². The van der Waals surface area contributed by atoms with Crippen molar-refractivity contribution in [2.45, 2.75) is 55.6 Å². The highest BCUT2D eigenvalue weighted by Crippen LogP contribution is 2.53. The van der Waals surface area contributed by atoms with Gasteiger partial charge >= 0.3 is 11.9 Å². The molecule has 4 aromatic carbocycles. The van der Waals surface area contributed by atoms with Gasteiger partial charge in [0.15, 0.2) is 6.61 Å². The first kappa shape index (κ1) is 28.7. The zero-order valence-electron chi connectivity index (χ0n) is 24.4. The van der Waals surface area contributed by atoms with E-state index in [2.05, 4.69) is 47.9 Å². The smallest absolute Gasteiger partial charge is 0.345 e. The Labute approximate surface area is 253 Å². The molecule has 0 fully saturated rings. The topological polar surface area (TPSA) is 61.8 Å². The minimum absolute atomic E-state index is 0.0531. The molecule has 2 unspecified atom stereocenters. The van der Waals surface area contributed by atoms with Crippen LogP contribution in [0.5, 0.6) is 5.75 Å². The highest BCUT2D eigenvalue weighted by molar-refractivity contribution is 8.20. The van der Waals surface area contributed by atoms with Crippen molar-refractivity contribution in [1.82, 2.24) is 0 Å². The number of rotatable bonds is 8. The molecule has 0 saturated heterocycles. The van der Waals surface area contributed by atoms with Crippen molar-refractivity contribution >= 4 is 28.9 Å². The normalized spacial score (nSPS) is 19.0. The molecule has 0 N–H and O–H groups in total. The first-order valence-corrected chi connectivity index (χ1v) is 15.7. The van der Waals surface area contributed by atoms with Crippen LogP contribution in [0.2, 0.25) is 0 Å². The number of carbonyl (C=O) groups excluding carboxylic acids is 2. The summed E-state index contributed by atoms with van der Waals surface area (Å²) >= 11 is 0. The SMILES string of the molecule is Cc1cc([SH]2C=Cc3ccccc32)cc(C)c1OCC(=O)OC1(C)CCc2cc(F)cc(C(=O)OCc3ccccc3)c21. The van der Waals surface area contributed by atoms with Crippen molar-refractivity contribution in [2.24, 2.45) is 0 Å². The lowest BCUT2D eigenvalue weighted by Crippen LogP contribution is -2.31. The van der Waals surface area contributed by atoms with Crippen LogP contribution < -0.4 is 4.74 Å². The van der Waals surface area contributed by atoms with Crippen LogP contribution in [0.1, 0.15) is 57.1 Å². The Balaban J connectivity index is 1.15. The number of halogens is 1. The Morgan fingerprint density at radius 3 is 2.44 bits per heavy atom. The van der Waals surface area contributed by atoms with Crippen LogP contribution in [-0.2, 0) is 32.9 Å². The summed E-state index contributed by atoms with van der Waals surface area (Å²) in [5.74, 6) is -1.11. The van der Waals surface area contributed by atoms with Gasteiger partial charge in [0.2, 0.25) is 0 Å². The summed E-state index contributed by atoms with van der Waals surface area (Å²) in [7, 11) is -0.583. The second-order valence-corrected chi connectivity index (χ2v) is 13.2. The van der Waals surface area contributed by atoms with E-state index in [1.54, 1.807) is 6.92 Å². The van der Waals surface area contributed by atoms with Crippen LogP contribution in [0, 0.1) is 19.7 Å². The molecule has 5 nitrogen and oxygen atoms in total. The van der Waals surface area contributed by atoms with Gasteiger partial charge < -0.3 is 14.2 Å². The molecule has 1 aliphatic carbocycles. The largest absolute Gasteiger partial charge is 0.481 e. The standard InChI is InChI=1S/C36H33FO5S/c1-23-17-29(43-16-14-26-11-7-8-12-31(26)43)18-24(2)34(23)40-22-32(38)42-36(3)15-13-27-19-28(37)20-30(33(27)36)35(39)41-21-25-9-5-4-6-10-25/h4-12,14,16-20,43H,13,15,21-22H2,1-3H3. The van der Waals surface area contributed by atoms with Crippen LogP contribution in [0.3, 0.4) is 0 Å². The molecular weight excluding hydrogens is 563 g/mol. The van der Waals surface area contributed by atoms with E-state index >= 15 is 0 Å². The van der Waals surface area contributed by atoms with Gasteiger partial charge in [-0.05, 0) is 108 Å². The van der Waals surface area contributed by atoms with Gasteiger partial charge in [0.25, 0.3) is 0 Å². The molecule has 6 rings (SSSR count). The van der Waals surface area contributed by atoms with E-state index in [9.17, 15) is 14.0 Å². The van der Waals surface area contributed by atoms with Crippen LogP contribution in [0.4, 0.5) is 4.39 Å². The molecule has 2 aliphatic rings. The fraction of sp³-hybridized carbons (Fsp3) is 0.222. The number of hydrogen-bond donors (Lipinski definition) is 1. The van der Waals surface area contributed by atoms with Gasteiger partial charge in [-0.25, -0.2) is 14.0 Å². The Hall–Kier alpha value is -4.36. The maximum Gasteiger partial charge on any atom is 0.345 e. The van der Waals surface area contributed by atoms with Crippen LogP contribution in [0.15, 0.2) is 94.1 Å². The van der Waals surface area contributed by atoms with E-state index in [0.29, 0.717) is 29.7 Å². The Kier molecular flexibility index (Phi) is 7.84. The second-order valence-electron chi connectivity index (χ2n) is 11.2. The number of carbonyl (C=O) groups is 2. The van der Waals surface area contributed by atoms with E-state index in [1.807, 2.05) is 44.2 Å². The van der Waals surface area contributed by atoms with Crippen LogP contribution >= 0.6 is 10.9 Å². The summed E-state index contributed by atoms with van der Waals surface area (Å²) in [4.78, 5) is 28.8. The molecule has 43 heavy (non-hydrogen) atoms. The minimum atomic E-state index is -1.12. The van der Waals surface area contributed by atoms with Crippen molar-refractivity contribution in [1.29, 1.82) is 0 Å². The van der Waals surface area contributed by atoms with E-state index in [-0.39, 0.29) is 18.8 Å². The molecule has 4 aromatic rings. The molecule has 0 radical (unpaired) electrons. The molecule has 0 spiro atoms. The minimum Gasteiger partial charge on any atom is -0.481 e. The summed E-state index contributed by atoms with van der Waals surface area (Å²) in [6.07, 6.45) is 3.06. The maximum absolute atomic E-state index is 14.5. The van der Waals surface area contributed by atoms with Gasteiger partial charge in [-0.1, -0.05) is 48.5 Å². The van der Waals surface area contributed by atoms with Crippen molar-refractivity contribution < 1.29 is 28.2 Å². The number of esters is 2. The lowest BCUT2D eigenvalue weighted by Gasteiger charge is -2.28. The van der Waals surface area contributed by atoms with Crippen LogP contribution in [-0.4, -0.2) is 18.5 Å². The van der Waals surface area contributed by atoms with Gasteiger partial charge in [-0.3, -0.25) is 0 Å². The van der Waals surface area contributed by atoms with Gasteiger partial charge in [0.05, 0.1) is 5.56 Å². The first-order valence-electron chi connectivity index (χ1n) is 14.3. The summed E-state index contributed by atoms with van der Waals surface area (Å²) in [5.41, 5.74) is 4.04. The second kappa shape index (κ2) is 11.7. The highest BCUT2D eigenvalue weighted by atomic mass is 32.2. The Morgan fingerprint density at radius 2 is 1.67 bits per heavy atom. The van der Waals surface area contributed by atoms with Crippen molar-refractivity contribution in [3.05, 3.63) is 129 Å². The van der Waals surface area contributed by atoms with E-state index < -0.39 is 34.3 Å². The molecule has 220 valence electrons. The number of thiol groups is 1. The third-order valence-electron chi connectivity index (χ3n) is 8.01. The molecule has 0 aromatic heterocycles. The van der Waals surface area contributed by atoms with E-state index in [4.69, 9.17) is 14.2 Å². The monoisotopic (exact) mass is 596 g/mol. The molecule has 1 heterocycles. The average molecular weight is 597 g/mol. The lowest BCUT2D eigenvalue weighted by atomic mass is 9.92. The molecule has 1 aliphatic heterocycles. The predicted octanol–water partition coefficient (Wildman–Crippen LogP) is 7.99. The van der Waals surface area contributed by atoms with Crippen molar-refractivity contribution in [3.8, 4) is 5.75 Å². The van der Waals surface area contributed by atoms with Crippen molar-refractivity contribution in [3.63, 3.8) is 0 Å². The lowest BCUT2D eigenvalue weighted by molar-refractivity contribution is -0.161. The summed E-state index contributed by atoms with van der Waals surface area (Å²) < 4.78 is 32.0. The quantitative estimate of drug-likeness (QED) is 0.165. The Bertz CT molecular complexity index is 1730. The Morgan fingerprint density at radius 1 is 0.953 bits per heavy atom. The van der Waals surface area contributed by atoms with Crippen molar-refractivity contribution in [2.75, 3.05) is 6.61 Å². The number of ether oxygens (including phenoxy) is 3. The van der Waals surface area contributed by atoms with Crippen LogP contribution in [0.25, 0.3) is 6.08 Å². The number of benzene rings is 4. The number of fused-ring (bicyclic) bond motifs is 2. The molecule has 0 bridgehead atoms. The fourth-order valence-electron chi connectivity index (χ4n) is 6.06. The number of hydrogen-bond acceptors (Lipinski definition) is 5. The van der Waals surface area contributed by atoms with Gasteiger partial charge in [-0.2, -0.15) is 10.9 Å². The maximum atomic E-state index is 14.5. The molecular formula is C36H33FO5S. The highest BCUT2D eigenvalue weighted by Gasteiger charge is 2.42. The molecule has 2 atom stereocenters. The zero-order valence-corrected chi connectivity index (χ0v) is 25.2. The summed E-state index contributed by atoms with van der Waals surface area (Å²) in [6.45, 7) is 5.47. The number of aryl methyl sites for hydroxylation is 3. The predicted molar refractivity (Wildman–Crippen MR) is 166 cm³/mol. The summed E-state index contributed by atoms with van der Waals surface area (Å²) in [6, 6.07) is 24.5. The van der Waals surface area contributed by atoms with E-state index in [0.717, 1.165) is 22.8 Å². The van der Waals surface area contributed by atoms with Gasteiger partial charge in [0.1, 0.15) is 23.8 Å².